The highest BCUT2D eigenvalue weighted by Crippen LogP contribution is 2.35. The van der Waals surface area contributed by atoms with Crippen molar-refractivity contribution in [3.8, 4) is 6.07 Å². The summed E-state index contributed by atoms with van der Waals surface area (Å²) in [4.78, 5) is 4.76. The second-order valence-electron chi connectivity index (χ2n) is 6.06. The largest absolute Gasteiger partial charge is 0.354 e. The molecule has 1 heterocycles. The lowest BCUT2D eigenvalue weighted by Crippen LogP contribution is -1.99. The number of hydrogen-bond acceptors (Lipinski definition) is 4. The van der Waals surface area contributed by atoms with E-state index in [0.29, 0.717) is 5.56 Å². The predicted octanol–water partition coefficient (Wildman–Crippen LogP) is 6.14. The fourth-order valence-electron chi connectivity index (χ4n) is 2.92. The monoisotopic (exact) mass is 367 g/mol. The number of pyridine rings is 1. The summed E-state index contributed by atoms with van der Waals surface area (Å²) in [6, 6.07) is 30.4. The zero-order valence-corrected chi connectivity index (χ0v) is 15.4. The number of anilines is 2. The third-order valence-electron chi connectivity index (χ3n) is 4.23. The molecule has 3 aromatic carbocycles. The van der Waals surface area contributed by atoms with Crippen LogP contribution in [-0.4, -0.2) is 4.98 Å². The van der Waals surface area contributed by atoms with Crippen molar-refractivity contribution in [2.75, 3.05) is 5.32 Å². The number of aromatic nitrogens is 1. The summed E-state index contributed by atoms with van der Waals surface area (Å²) in [5.41, 5.74) is 4.43. The van der Waals surface area contributed by atoms with Crippen molar-refractivity contribution in [3.63, 3.8) is 0 Å². The van der Waals surface area contributed by atoms with Crippen LogP contribution >= 0.6 is 11.8 Å². The van der Waals surface area contributed by atoms with Gasteiger partial charge < -0.3 is 5.32 Å². The molecule has 3 nitrogen and oxygen atoms in total. The average molecular weight is 367 g/mol. The van der Waals surface area contributed by atoms with Crippen LogP contribution in [0.1, 0.15) is 11.1 Å². The van der Waals surface area contributed by atoms with Crippen LogP contribution in [0.3, 0.4) is 0 Å². The van der Waals surface area contributed by atoms with Gasteiger partial charge in [-0.25, -0.2) is 4.98 Å². The van der Waals surface area contributed by atoms with Crippen LogP contribution in [0.2, 0.25) is 0 Å². The van der Waals surface area contributed by atoms with E-state index in [1.807, 2.05) is 72.8 Å². The number of nitrogens with zero attached hydrogens (tertiary/aromatic N) is 2. The lowest BCUT2D eigenvalue weighted by Gasteiger charge is -2.14. The predicted molar refractivity (Wildman–Crippen MR) is 112 cm³/mol. The molecule has 4 heteroatoms. The van der Waals surface area contributed by atoms with Crippen molar-refractivity contribution in [3.05, 3.63) is 96.1 Å². The van der Waals surface area contributed by atoms with Gasteiger partial charge in [-0.1, -0.05) is 66.7 Å². The van der Waals surface area contributed by atoms with E-state index in [0.717, 1.165) is 33.1 Å². The summed E-state index contributed by atoms with van der Waals surface area (Å²) in [5.74, 6) is 0.769. The molecule has 0 saturated carbocycles. The van der Waals surface area contributed by atoms with Crippen molar-refractivity contribution in [2.45, 2.75) is 10.8 Å². The average Bonchev–Trinajstić information content (AvgIpc) is 2.74. The van der Waals surface area contributed by atoms with E-state index in [1.54, 1.807) is 11.8 Å². The first-order chi connectivity index (χ1) is 13.3. The fraction of sp³-hybridized carbons (Fsp3) is 0.0435. The smallest absolute Gasteiger partial charge is 0.117 e. The maximum atomic E-state index is 9.89. The minimum absolute atomic E-state index is 0.582. The molecule has 4 rings (SSSR count). The fourth-order valence-corrected chi connectivity index (χ4v) is 3.87. The summed E-state index contributed by atoms with van der Waals surface area (Å²) in [7, 11) is 0. The van der Waals surface area contributed by atoms with Gasteiger partial charge in [-0.15, -0.1) is 11.8 Å². The Morgan fingerprint density at radius 2 is 1.52 bits per heavy atom. The Balaban J connectivity index is 1.78. The topological polar surface area (TPSA) is 48.7 Å². The van der Waals surface area contributed by atoms with Gasteiger partial charge in [-0.05, 0) is 23.8 Å². The molecule has 1 N–H and O–H groups in total. The lowest BCUT2D eigenvalue weighted by atomic mass is 10.1. The first-order valence-corrected chi connectivity index (χ1v) is 9.65. The third kappa shape index (κ3) is 3.79. The van der Waals surface area contributed by atoms with Gasteiger partial charge in [0.1, 0.15) is 16.7 Å². The van der Waals surface area contributed by atoms with Crippen LogP contribution in [0, 0.1) is 11.3 Å². The Bertz CT molecular complexity index is 1100. The van der Waals surface area contributed by atoms with Crippen molar-refractivity contribution in [1.29, 1.82) is 5.26 Å². The van der Waals surface area contributed by atoms with Gasteiger partial charge in [0, 0.05) is 16.8 Å². The molecule has 0 atom stereocenters. The Morgan fingerprint density at radius 1 is 0.852 bits per heavy atom. The molecule has 1 aromatic heterocycles. The molecule has 0 aliphatic heterocycles. The standard InChI is InChI=1S/C23H17N3S/c24-15-20-22(25-18-11-5-2-6-12-18)19-13-7-8-14-21(19)26-23(20)27-16-17-9-3-1-4-10-17/h1-14H,16H2,(H,25,26). The van der Waals surface area contributed by atoms with E-state index in [-0.39, 0.29) is 0 Å². The summed E-state index contributed by atoms with van der Waals surface area (Å²) < 4.78 is 0. The summed E-state index contributed by atoms with van der Waals surface area (Å²) in [6.45, 7) is 0. The lowest BCUT2D eigenvalue weighted by molar-refractivity contribution is 1.16. The Hall–Kier alpha value is -3.29. The number of thioether (sulfide) groups is 1. The number of nitrogens with one attached hydrogen (secondary N) is 1. The summed E-state index contributed by atoms with van der Waals surface area (Å²) >= 11 is 1.59. The first-order valence-electron chi connectivity index (χ1n) is 8.67. The molecular formula is C23H17N3S. The van der Waals surface area contributed by atoms with Gasteiger partial charge in [-0.2, -0.15) is 5.26 Å². The van der Waals surface area contributed by atoms with Crippen LogP contribution in [0.4, 0.5) is 11.4 Å². The Kier molecular flexibility index (Phi) is 5.04. The van der Waals surface area contributed by atoms with Crippen LogP contribution in [0.5, 0.6) is 0 Å². The van der Waals surface area contributed by atoms with Gasteiger partial charge in [0.05, 0.1) is 11.2 Å². The highest BCUT2D eigenvalue weighted by Gasteiger charge is 2.16. The molecule has 0 aliphatic rings. The zero-order valence-electron chi connectivity index (χ0n) is 14.6. The molecular weight excluding hydrogens is 350 g/mol. The van der Waals surface area contributed by atoms with Gasteiger partial charge in [-0.3, -0.25) is 0 Å². The van der Waals surface area contributed by atoms with Gasteiger partial charge >= 0.3 is 0 Å². The van der Waals surface area contributed by atoms with Gasteiger partial charge in [0.25, 0.3) is 0 Å². The molecule has 130 valence electrons. The molecule has 0 spiro atoms. The normalized spacial score (nSPS) is 10.5. The van der Waals surface area contributed by atoms with Gasteiger partial charge in [0.15, 0.2) is 0 Å². The maximum Gasteiger partial charge on any atom is 0.117 e. The first kappa shape index (κ1) is 17.1. The van der Waals surface area contributed by atoms with E-state index >= 15 is 0 Å². The molecule has 0 aliphatic carbocycles. The molecule has 4 aromatic rings. The Labute approximate surface area is 162 Å². The highest BCUT2D eigenvalue weighted by molar-refractivity contribution is 7.98. The van der Waals surface area contributed by atoms with Crippen LogP contribution < -0.4 is 5.32 Å². The van der Waals surface area contributed by atoms with Gasteiger partial charge in [0.2, 0.25) is 0 Å². The minimum atomic E-state index is 0.582. The summed E-state index contributed by atoms with van der Waals surface area (Å²) in [6.07, 6.45) is 0. The third-order valence-corrected chi connectivity index (χ3v) is 5.28. The molecule has 0 bridgehead atoms. The zero-order chi connectivity index (χ0) is 18.5. The van der Waals surface area contributed by atoms with E-state index in [1.165, 1.54) is 5.56 Å². The number of hydrogen-bond donors (Lipinski definition) is 1. The molecule has 0 amide bonds. The van der Waals surface area contributed by atoms with Crippen molar-refractivity contribution in [1.82, 2.24) is 4.98 Å². The quantitative estimate of drug-likeness (QED) is 0.430. The highest BCUT2D eigenvalue weighted by atomic mass is 32.2. The molecule has 0 saturated heterocycles. The number of rotatable bonds is 5. The van der Waals surface area contributed by atoms with E-state index < -0.39 is 0 Å². The number of fused-ring (bicyclic) bond motifs is 1. The molecule has 0 unspecified atom stereocenters. The van der Waals surface area contributed by atoms with Crippen LogP contribution in [0.15, 0.2) is 90.0 Å². The van der Waals surface area contributed by atoms with E-state index in [2.05, 4.69) is 23.5 Å². The van der Waals surface area contributed by atoms with Crippen molar-refractivity contribution >= 4 is 34.0 Å². The molecule has 0 fully saturated rings. The second-order valence-corrected chi connectivity index (χ2v) is 7.03. The van der Waals surface area contributed by atoms with E-state index in [4.69, 9.17) is 4.98 Å². The number of para-hydroxylation sites is 2. The maximum absolute atomic E-state index is 9.89. The Morgan fingerprint density at radius 3 is 2.26 bits per heavy atom. The minimum Gasteiger partial charge on any atom is -0.354 e. The second kappa shape index (κ2) is 7.94. The van der Waals surface area contributed by atoms with Crippen molar-refractivity contribution < 1.29 is 0 Å². The number of benzene rings is 3. The number of nitriles is 1. The van der Waals surface area contributed by atoms with Crippen molar-refractivity contribution in [2.24, 2.45) is 0 Å². The van der Waals surface area contributed by atoms with Crippen LogP contribution in [-0.2, 0) is 5.75 Å². The van der Waals surface area contributed by atoms with E-state index in [9.17, 15) is 5.26 Å². The summed E-state index contributed by atoms with van der Waals surface area (Å²) in [5, 5.41) is 15.0. The SMILES string of the molecule is N#Cc1c(SCc2ccccc2)nc2ccccc2c1Nc1ccccc1. The van der Waals surface area contributed by atoms with Crippen LogP contribution in [0.25, 0.3) is 10.9 Å². The molecule has 27 heavy (non-hydrogen) atoms. The molecule has 0 radical (unpaired) electrons.